The number of para-hydroxylation sites is 2. The van der Waals surface area contributed by atoms with E-state index in [1.165, 1.54) is 10.6 Å². The van der Waals surface area contributed by atoms with Gasteiger partial charge in [-0.3, -0.25) is 4.90 Å². The van der Waals surface area contributed by atoms with Crippen molar-refractivity contribution < 1.29 is 4.79 Å². The molecule has 1 aliphatic rings. The number of rotatable bonds is 6. The molecule has 2 unspecified atom stereocenters. The Balaban J connectivity index is 1.41. The Bertz CT molecular complexity index is 909. The van der Waals surface area contributed by atoms with E-state index in [0.29, 0.717) is 0 Å². The van der Waals surface area contributed by atoms with E-state index in [2.05, 4.69) is 75.2 Å². The van der Waals surface area contributed by atoms with E-state index < -0.39 is 0 Å². The standard InChI is InChI=1S/C24H28N4OS/c1-19(25-24(29)26-20-9-4-2-5-10-20)23(22-13-8-18-30-22)28-16-14-27(15-17-28)21-11-6-3-7-12-21/h2-13,18-19,23H,14-17H2,1H3,(H2,25,26,29). The van der Waals surface area contributed by atoms with Crippen LogP contribution in [0.1, 0.15) is 17.8 Å². The van der Waals surface area contributed by atoms with Gasteiger partial charge in [0.25, 0.3) is 0 Å². The summed E-state index contributed by atoms with van der Waals surface area (Å²) in [5.74, 6) is 0. The summed E-state index contributed by atoms with van der Waals surface area (Å²) in [6.07, 6.45) is 0. The second-order valence-corrected chi connectivity index (χ2v) is 8.55. The van der Waals surface area contributed by atoms with Crippen molar-refractivity contribution in [2.45, 2.75) is 19.0 Å². The molecule has 1 aliphatic heterocycles. The molecular formula is C24H28N4OS. The molecule has 30 heavy (non-hydrogen) atoms. The van der Waals surface area contributed by atoms with Crippen LogP contribution in [0, 0.1) is 0 Å². The van der Waals surface area contributed by atoms with Gasteiger partial charge in [-0.15, -0.1) is 11.3 Å². The van der Waals surface area contributed by atoms with Crippen LogP contribution in [0.15, 0.2) is 78.2 Å². The van der Waals surface area contributed by atoms with E-state index >= 15 is 0 Å². The molecule has 2 atom stereocenters. The van der Waals surface area contributed by atoms with Crippen molar-refractivity contribution in [1.29, 1.82) is 0 Å². The van der Waals surface area contributed by atoms with E-state index in [1.54, 1.807) is 11.3 Å². The van der Waals surface area contributed by atoms with E-state index in [1.807, 2.05) is 30.3 Å². The fourth-order valence-corrected chi connectivity index (χ4v) is 5.04. The van der Waals surface area contributed by atoms with Crippen LogP contribution in [0.3, 0.4) is 0 Å². The number of amides is 2. The molecule has 3 aromatic rings. The van der Waals surface area contributed by atoms with Crippen LogP contribution in [0.5, 0.6) is 0 Å². The minimum absolute atomic E-state index is 0.0179. The Hall–Kier alpha value is -2.83. The zero-order valence-electron chi connectivity index (χ0n) is 17.2. The van der Waals surface area contributed by atoms with Crippen LogP contribution in [0.25, 0.3) is 0 Å². The second kappa shape index (κ2) is 9.78. The van der Waals surface area contributed by atoms with Crippen molar-refractivity contribution >= 4 is 28.7 Å². The first kappa shape index (κ1) is 20.4. The first-order chi connectivity index (χ1) is 14.7. The van der Waals surface area contributed by atoms with Crippen LogP contribution in [-0.2, 0) is 0 Å². The van der Waals surface area contributed by atoms with Gasteiger partial charge >= 0.3 is 6.03 Å². The van der Waals surface area contributed by atoms with Crippen molar-refractivity contribution in [1.82, 2.24) is 10.2 Å². The molecule has 2 heterocycles. The van der Waals surface area contributed by atoms with Gasteiger partial charge in [0.1, 0.15) is 0 Å². The highest BCUT2D eigenvalue weighted by Gasteiger charge is 2.30. The molecule has 4 rings (SSSR count). The lowest BCUT2D eigenvalue weighted by Gasteiger charge is -2.42. The van der Waals surface area contributed by atoms with Gasteiger partial charge in [-0.25, -0.2) is 4.79 Å². The van der Waals surface area contributed by atoms with Gasteiger partial charge in [0.2, 0.25) is 0 Å². The van der Waals surface area contributed by atoms with Gasteiger partial charge in [-0.2, -0.15) is 0 Å². The summed E-state index contributed by atoms with van der Waals surface area (Å²) in [5.41, 5.74) is 2.07. The maximum atomic E-state index is 12.6. The monoisotopic (exact) mass is 420 g/mol. The van der Waals surface area contributed by atoms with Crippen molar-refractivity contribution in [3.8, 4) is 0 Å². The van der Waals surface area contributed by atoms with E-state index in [4.69, 9.17) is 0 Å². The molecule has 0 radical (unpaired) electrons. The van der Waals surface area contributed by atoms with Crippen LogP contribution < -0.4 is 15.5 Å². The normalized spacial score (nSPS) is 16.6. The number of carbonyl (C=O) groups excluding carboxylic acids is 1. The average molecular weight is 421 g/mol. The predicted octanol–water partition coefficient (Wildman–Crippen LogP) is 4.82. The fraction of sp³-hybridized carbons (Fsp3) is 0.292. The van der Waals surface area contributed by atoms with Crippen molar-refractivity contribution in [3.63, 3.8) is 0 Å². The third-order valence-electron chi connectivity index (χ3n) is 5.53. The number of urea groups is 1. The van der Waals surface area contributed by atoms with Gasteiger partial charge in [-0.05, 0) is 42.6 Å². The zero-order chi connectivity index (χ0) is 20.8. The van der Waals surface area contributed by atoms with Crippen LogP contribution in [0.4, 0.5) is 16.2 Å². The number of benzene rings is 2. The SMILES string of the molecule is CC(NC(=O)Nc1ccccc1)C(c1cccs1)N1CCN(c2ccccc2)CC1. The summed E-state index contributed by atoms with van der Waals surface area (Å²) >= 11 is 1.75. The number of hydrogen-bond acceptors (Lipinski definition) is 4. The van der Waals surface area contributed by atoms with Crippen molar-refractivity contribution in [2.24, 2.45) is 0 Å². The predicted molar refractivity (Wildman–Crippen MR) is 125 cm³/mol. The quantitative estimate of drug-likeness (QED) is 0.601. The Morgan fingerprint density at radius 2 is 1.57 bits per heavy atom. The summed E-state index contributed by atoms with van der Waals surface area (Å²) in [6.45, 7) is 5.98. The minimum atomic E-state index is -0.168. The molecule has 5 nitrogen and oxygen atoms in total. The lowest BCUT2D eigenvalue weighted by molar-refractivity contribution is 0.157. The number of piperazine rings is 1. The summed E-state index contributed by atoms with van der Waals surface area (Å²) < 4.78 is 0. The number of carbonyl (C=O) groups is 1. The van der Waals surface area contributed by atoms with Crippen LogP contribution in [-0.4, -0.2) is 43.2 Å². The Morgan fingerprint density at radius 3 is 2.20 bits per heavy atom. The van der Waals surface area contributed by atoms with Gasteiger partial charge in [0.15, 0.2) is 0 Å². The summed E-state index contributed by atoms with van der Waals surface area (Å²) in [5, 5.41) is 8.20. The number of thiophene rings is 1. The second-order valence-electron chi connectivity index (χ2n) is 7.57. The fourth-order valence-electron chi connectivity index (χ4n) is 4.07. The third-order valence-corrected chi connectivity index (χ3v) is 6.47. The Labute approximate surface area is 182 Å². The lowest BCUT2D eigenvalue weighted by Crippen LogP contribution is -2.52. The highest BCUT2D eigenvalue weighted by atomic mass is 32.1. The van der Waals surface area contributed by atoms with E-state index in [-0.39, 0.29) is 18.1 Å². The van der Waals surface area contributed by atoms with Crippen molar-refractivity contribution in [2.75, 3.05) is 36.4 Å². The van der Waals surface area contributed by atoms with Crippen molar-refractivity contribution in [3.05, 3.63) is 83.1 Å². The highest BCUT2D eigenvalue weighted by Crippen LogP contribution is 2.30. The largest absolute Gasteiger partial charge is 0.369 e. The molecule has 1 aromatic heterocycles. The van der Waals surface area contributed by atoms with Crippen LogP contribution in [0.2, 0.25) is 0 Å². The number of hydrogen-bond donors (Lipinski definition) is 2. The first-order valence-corrected chi connectivity index (χ1v) is 11.3. The highest BCUT2D eigenvalue weighted by molar-refractivity contribution is 7.10. The van der Waals surface area contributed by atoms with Gasteiger partial charge in [0, 0.05) is 48.5 Å². The zero-order valence-corrected chi connectivity index (χ0v) is 18.0. The number of nitrogens with zero attached hydrogens (tertiary/aromatic N) is 2. The lowest BCUT2D eigenvalue weighted by atomic mass is 10.0. The molecule has 0 aliphatic carbocycles. The van der Waals surface area contributed by atoms with Gasteiger partial charge < -0.3 is 15.5 Å². The number of nitrogens with one attached hydrogen (secondary N) is 2. The summed E-state index contributed by atoms with van der Waals surface area (Å²) in [7, 11) is 0. The Kier molecular flexibility index (Phi) is 6.67. The molecule has 1 fully saturated rings. The molecule has 2 amide bonds. The maximum Gasteiger partial charge on any atom is 0.319 e. The van der Waals surface area contributed by atoms with Gasteiger partial charge in [0.05, 0.1) is 6.04 Å². The van der Waals surface area contributed by atoms with Crippen LogP contribution >= 0.6 is 11.3 Å². The summed E-state index contributed by atoms with van der Waals surface area (Å²) in [6, 6.07) is 24.4. The molecule has 1 saturated heterocycles. The van der Waals surface area contributed by atoms with E-state index in [9.17, 15) is 4.79 Å². The average Bonchev–Trinajstić information content (AvgIpc) is 3.30. The Morgan fingerprint density at radius 1 is 0.900 bits per heavy atom. The third kappa shape index (κ3) is 5.01. The minimum Gasteiger partial charge on any atom is -0.369 e. The first-order valence-electron chi connectivity index (χ1n) is 10.4. The van der Waals surface area contributed by atoms with E-state index in [0.717, 1.165) is 31.9 Å². The molecule has 0 bridgehead atoms. The topological polar surface area (TPSA) is 47.6 Å². The summed E-state index contributed by atoms with van der Waals surface area (Å²) in [4.78, 5) is 18.8. The molecule has 156 valence electrons. The smallest absolute Gasteiger partial charge is 0.319 e. The molecule has 0 saturated carbocycles. The molecular weight excluding hydrogens is 392 g/mol. The maximum absolute atomic E-state index is 12.6. The molecule has 6 heteroatoms. The molecule has 2 N–H and O–H groups in total. The molecule has 2 aromatic carbocycles. The van der Waals surface area contributed by atoms with Gasteiger partial charge in [-0.1, -0.05) is 42.5 Å². The number of anilines is 2. The molecule has 0 spiro atoms.